The monoisotopic (exact) mass is 252 g/mol. The van der Waals surface area contributed by atoms with Gasteiger partial charge in [-0.25, -0.2) is 4.79 Å². The molecule has 1 rings (SSSR count). The number of aliphatic hydroxyl groups excluding tert-OH is 1. The molecule has 0 aromatic heterocycles. The highest BCUT2D eigenvalue weighted by Crippen LogP contribution is 2.31. The number of hydrogen-bond acceptors (Lipinski definition) is 4. The molecule has 0 fully saturated rings. The Labute approximate surface area is 105 Å². The van der Waals surface area contributed by atoms with E-state index in [1.54, 1.807) is 18.2 Å². The van der Waals surface area contributed by atoms with Crippen LogP contribution in [0.1, 0.15) is 20.3 Å². The van der Waals surface area contributed by atoms with E-state index in [2.05, 4.69) is 0 Å². The summed E-state index contributed by atoms with van der Waals surface area (Å²) < 4.78 is 5.32. The van der Waals surface area contributed by atoms with Crippen molar-refractivity contribution in [3.8, 4) is 0 Å². The topological polar surface area (TPSA) is 83.8 Å². The lowest BCUT2D eigenvalue weighted by atomic mass is 9.96. The second-order valence-electron chi connectivity index (χ2n) is 4.07. The van der Waals surface area contributed by atoms with Gasteiger partial charge >= 0.3 is 5.97 Å². The van der Waals surface area contributed by atoms with Crippen LogP contribution in [0.4, 0.5) is 0 Å². The number of ether oxygens (including phenoxy) is 1. The maximum Gasteiger partial charge on any atom is 0.342 e. The largest absolute Gasteiger partial charge is 0.479 e. The fourth-order valence-corrected chi connectivity index (χ4v) is 1.67. The van der Waals surface area contributed by atoms with Gasteiger partial charge in [-0.05, 0) is 26.3 Å². The van der Waals surface area contributed by atoms with E-state index >= 15 is 0 Å². The summed E-state index contributed by atoms with van der Waals surface area (Å²) in [7, 11) is 0. The van der Waals surface area contributed by atoms with Crippen molar-refractivity contribution in [1.82, 2.24) is 0 Å². The van der Waals surface area contributed by atoms with Gasteiger partial charge in [-0.1, -0.05) is 18.2 Å². The van der Waals surface area contributed by atoms with Gasteiger partial charge in [0.15, 0.2) is 5.60 Å². The van der Waals surface area contributed by atoms with Crippen LogP contribution in [0.15, 0.2) is 35.6 Å². The molecule has 1 aliphatic rings. The van der Waals surface area contributed by atoms with Gasteiger partial charge in [-0.3, -0.25) is 4.79 Å². The lowest BCUT2D eigenvalue weighted by Crippen LogP contribution is -2.32. The molecule has 0 saturated carbocycles. The number of hydrogen-bond donors (Lipinski definition) is 2. The van der Waals surface area contributed by atoms with Gasteiger partial charge in [0, 0.05) is 6.61 Å². The minimum absolute atomic E-state index is 0.0564. The summed E-state index contributed by atoms with van der Waals surface area (Å²) in [5.74, 6) is -1.70. The Hall–Kier alpha value is -1.88. The summed E-state index contributed by atoms with van der Waals surface area (Å²) in [6.45, 7) is 3.04. The highest BCUT2D eigenvalue weighted by molar-refractivity contribution is 6.22. The van der Waals surface area contributed by atoms with Crippen molar-refractivity contribution in [3.05, 3.63) is 35.6 Å². The quantitative estimate of drug-likeness (QED) is 0.567. The Morgan fingerprint density at radius 2 is 2.11 bits per heavy atom. The molecule has 18 heavy (non-hydrogen) atoms. The second kappa shape index (κ2) is 5.64. The summed E-state index contributed by atoms with van der Waals surface area (Å²) in [5.41, 5.74) is -1.57. The first-order valence-electron chi connectivity index (χ1n) is 5.55. The number of Topliss-reactive ketones (excluding diaryl/α,β-unsaturated/α-hetero) is 1. The Morgan fingerprint density at radius 1 is 1.44 bits per heavy atom. The lowest BCUT2D eigenvalue weighted by molar-refractivity contribution is -0.135. The van der Waals surface area contributed by atoms with Crippen molar-refractivity contribution < 1.29 is 24.5 Å². The SMILES string of the molecule is CC1=C(C(=O)O)C(=O)[C@](C)(/C=C/C=C/CCO)O1. The normalized spacial score (nSPS) is 24.3. The third-order valence-corrected chi connectivity index (χ3v) is 2.57. The molecule has 0 bridgehead atoms. The fourth-order valence-electron chi connectivity index (χ4n) is 1.67. The van der Waals surface area contributed by atoms with E-state index in [9.17, 15) is 9.59 Å². The molecule has 0 saturated heterocycles. The summed E-state index contributed by atoms with van der Waals surface area (Å²) in [6.07, 6.45) is 7.03. The van der Waals surface area contributed by atoms with E-state index in [0.29, 0.717) is 6.42 Å². The number of carbonyl (C=O) groups is 2. The van der Waals surface area contributed by atoms with Crippen LogP contribution in [0.25, 0.3) is 0 Å². The minimum Gasteiger partial charge on any atom is -0.479 e. The number of aliphatic carboxylic acids is 1. The van der Waals surface area contributed by atoms with Gasteiger partial charge in [0.05, 0.1) is 0 Å². The van der Waals surface area contributed by atoms with Crippen molar-refractivity contribution >= 4 is 11.8 Å². The third kappa shape index (κ3) is 2.87. The van der Waals surface area contributed by atoms with Gasteiger partial charge in [0.1, 0.15) is 11.3 Å². The molecule has 0 aromatic carbocycles. The van der Waals surface area contributed by atoms with E-state index in [4.69, 9.17) is 14.9 Å². The molecule has 0 spiro atoms. The Balaban J connectivity index is 2.81. The van der Waals surface area contributed by atoms with Crippen LogP contribution >= 0.6 is 0 Å². The van der Waals surface area contributed by atoms with Crippen LogP contribution in [-0.4, -0.2) is 34.2 Å². The Bertz CT molecular complexity index is 444. The predicted molar refractivity (Wildman–Crippen MR) is 64.8 cm³/mol. The van der Waals surface area contributed by atoms with E-state index in [0.717, 1.165) is 0 Å². The molecule has 0 amide bonds. The molecular formula is C13H16O5. The number of carbonyl (C=O) groups excluding carboxylic acids is 1. The van der Waals surface area contributed by atoms with Crippen molar-refractivity contribution in [2.75, 3.05) is 6.61 Å². The Morgan fingerprint density at radius 3 is 2.61 bits per heavy atom. The smallest absolute Gasteiger partial charge is 0.342 e. The number of allylic oxidation sites excluding steroid dienone is 3. The van der Waals surface area contributed by atoms with Crippen molar-refractivity contribution in [1.29, 1.82) is 0 Å². The van der Waals surface area contributed by atoms with Crippen LogP contribution in [0.2, 0.25) is 0 Å². The van der Waals surface area contributed by atoms with Gasteiger partial charge in [-0.2, -0.15) is 0 Å². The molecule has 1 heterocycles. The van der Waals surface area contributed by atoms with Crippen LogP contribution in [-0.2, 0) is 14.3 Å². The first kappa shape index (κ1) is 14.2. The van der Waals surface area contributed by atoms with Gasteiger partial charge < -0.3 is 14.9 Å². The average molecular weight is 252 g/mol. The first-order chi connectivity index (χ1) is 8.42. The summed E-state index contributed by atoms with van der Waals surface area (Å²) in [6, 6.07) is 0. The van der Waals surface area contributed by atoms with Crippen molar-refractivity contribution in [2.45, 2.75) is 25.9 Å². The molecule has 0 aliphatic carbocycles. The molecule has 1 aliphatic heterocycles. The number of carboxylic acid groups (broad SMARTS) is 1. The van der Waals surface area contributed by atoms with Gasteiger partial charge in [0.2, 0.25) is 5.78 Å². The minimum atomic E-state index is -1.27. The highest BCUT2D eigenvalue weighted by Gasteiger charge is 2.45. The molecule has 98 valence electrons. The molecule has 5 nitrogen and oxygen atoms in total. The van der Waals surface area contributed by atoms with Crippen LogP contribution in [0.3, 0.4) is 0 Å². The van der Waals surface area contributed by atoms with Crippen LogP contribution in [0, 0.1) is 0 Å². The fraction of sp³-hybridized carbons (Fsp3) is 0.385. The van der Waals surface area contributed by atoms with Gasteiger partial charge in [0.25, 0.3) is 0 Å². The number of ketones is 1. The summed E-state index contributed by atoms with van der Waals surface area (Å²) in [4.78, 5) is 22.8. The maximum atomic E-state index is 11.9. The standard InChI is InChI=1S/C13H16O5/c1-9-10(12(16)17)11(15)13(2,18-9)7-5-3-4-6-8-14/h3-5,7,14H,6,8H2,1-2H3,(H,16,17)/b4-3+,7-5+/t13-/m0/s1. The molecule has 0 radical (unpaired) electrons. The second-order valence-corrected chi connectivity index (χ2v) is 4.07. The molecular weight excluding hydrogens is 236 g/mol. The molecule has 5 heteroatoms. The van der Waals surface area contributed by atoms with Crippen LogP contribution in [0.5, 0.6) is 0 Å². The van der Waals surface area contributed by atoms with E-state index in [1.165, 1.54) is 19.9 Å². The van der Waals surface area contributed by atoms with Crippen LogP contribution < -0.4 is 0 Å². The number of carboxylic acids is 1. The predicted octanol–water partition coefficient (Wildman–Crippen LogP) is 1.20. The Kier molecular flexibility index (Phi) is 4.44. The molecule has 0 aromatic rings. The number of aliphatic hydroxyl groups is 1. The third-order valence-electron chi connectivity index (χ3n) is 2.57. The zero-order valence-corrected chi connectivity index (χ0v) is 10.3. The molecule has 0 unspecified atom stereocenters. The number of rotatable bonds is 5. The average Bonchev–Trinajstić information content (AvgIpc) is 2.49. The zero-order valence-electron chi connectivity index (χ0n) is 10.3. The highest BCUT2D eigenvalue weighted by atomic mass is 16.5. The molecule has 2 N–H and O–H groups in total. The lowest BCUT2D eigenvalue weighted by Gasteiger charge is -2.18. The van der Waals surface area contributed by atoms with Crippen molar-refractivity contribution in [3.63, 3.8) is 0 Å². The molecule has 1 atom stereocenters. The summed E-state index contributed by atoms with van der Waals surface area (Å²) in [5, 5.41) is 17.5. The first-order valence-corrected chi connectivity index (χ1v) is 5.55. The van der Waals surface area contributed by atoms with E-state index < -0.39 is 17.4 Å². The maximum absolute atomic E-state index is 11.9. The van der Waals surface area contributed by atoms with E-state index in [1.807, 2.05) is 0 Å². The summed E-state index contributed by atoms with van der Waals surface area (Å²) >= 11 is 0. The van der Waals surface area contributed by atoms with E-state index in [-0.39, 0.29) is 17.9 Å². The van der Waals surface area contributed by atoms with Gasteiger partial charge in [-0.15, -0.1) is 0 Å². The zero-order chi connectivity index (χ0) is 13.8. The van der Waals surface area contributed by atoms with Crippen molar-refractivity contribution in [2.24, 2.45) is 0 Å².